The van der Waals surface area contributed by atoms with Gasteiger partial charge >= 0.3 is 0 Å². The van der Waals surface area contributed by atoms with Crippen LogP contribution in [0.1, 0.15) is 72.1 Å². The van der Waals surface area contributed by atoms with Gasteiger partial charge in [-0.2, -0.15) is 0 Å². The van der Waals surface area contributed by atoms with Gasteiger partial charge in [0.25, 0.3) is 6.47 Å². The van der Waals surface area contributed by atoms with Gasteiger partial charge in [0, 0.05) is 0 Å². The van der Waals surface area contributed by atoms with E-state index < -0.39 is 0 Å². The Balaban J connectivity index is 0.000000293. The normalized spacial score (nSPS) is 12.7. The molecule has 0 aromatic heterocycles. The first-order chi connectivity index (χ1) is 12.5. The summed E-state index contributed by atoms with van der Waals surface area (Å²) in [6, 6.07) is 19.4. The van der Waals surface area contributed by atoms with Gasteiger partial charge in [-0.15, -0.1) is 0 Å². The predicted molar refractivity (Wildman–Crippen MR) is 115 cm³/mol. The van der Waals surface area contributed by atoms with E-state index in [1.165, 1.54) is 6.42 Å². The summed E-state index contributed by atoms with van der Waals surface area (Å²) in [5.74, 6) is 0.808. The van der Waals surface area contributed by atoms with Crippen LogP contribution in [-0.4, -0.2) is 6.47 Å². The molecule has 2 rings (SSSR count). The number of hydrogen-bond acceptors (Lipinski definition) is 2. The van der Waals surface area contributed by atoms with Crippen molar-refractivity contribution in [3.05, 3.63) is 71.8 Å². The minimum absolute atomic E-state index is 0.320. The lowest BCUT2D eigenvalue weighted by atomic mass is 9.73. The van der Waals surface area contributed by atoms with E-state index in [0.29, 0.717) is 17.3 Å². The zero-order valence-electron chi connectivity index (χ0n) is 18.0. The highest BCUT2D eigenvalue weighted by atomic mass is 16.5. The Morgan fingerprint density at radius 1 is 0.815 bits per heavy atom. The van der Waals surface area contributed by atoms with Crippen molar-refractivity contribution in [1.29, 1.82) is 0 Å². The average Bonchev–Trinajstić information content (AvgIpc) is 2.59. The Labute approximate surface area is 166 Å². The quantitative estimate of drug-likeness (QED) is 0.528. The van der Waals surface area contributed by atoms with Crippen molar-refractivity contribution in [3.63, 3.8) is 0 Å². The molecule has 0 saturated carbocycles. The Hall–Kier alpha value is -2.09. The number of ether oxygens (including phenoxy) is 1. The molecular formula is C25H36O2. The standard InChI is InChI=1S/C14H12O2.C11H24/c15-11-16-14(12-7-3-1-4-8-12)13-9-5-2-6-10-13;1-9(11(5,6)7)8-10(2,3)4/h1-11,14H;9H,8H2,1-7H3. The van der Waals surface area contributed by atoms with Crippen LogP contribution < -0.4 is 0 Å². The van der Waals surface area contributed by atoms with Gasteiger partial charge in [-0.05, 0) is 34.3 Å². The molecule has 1 unspecified atom stereocenters. The molecule has 2 heteroatoms. The van der Waals surface area contributed by atoms with E-state index in [9.17, 15) is 4.79 Å². The summed E-state index contributed by atoms with van der Waals surface area (Å²) in [6.45, 7) is 16.8. The molecule has 0 fully saturated rings. The van der Waals surface area contributed by atoms with Crippen molar-refractivity contribution >= 4 is 6.47 Å². The maximum Gasteiger partial charge on any atom is 0.294 e. The van der Waals surface area contributed by atoms with Crippen LogP contribution in [0.25, 0.3) is 0 Å². The third-order valence-electron chi connectivity index (χ3n) is 4.79. The lowest BCUT2D eigenvalue weighted by Gasteiger charge is -2.32. The van der Waals surface area contributed by atoms with Crippen LogP contribution >= 0.6 is 0 Å². The molecule has 0 bridgehead atoms. The smallest absolute Gasteiger partial charge is 0.294 e. The van der Waals surface area contributed by atoms with Gasteiger partial charge in [0.1, 0.15) is 0 Å². The number of benzene rings is 2. The van der Waals surface area contributed by atoms with Gasteiger partial charge in [-0.3, -0.25) is 4.79 Å². The number of rotatable bonds is 5. The molecule has 2 aromatic rings. The molecule has 0 amide bonds. The van der Waals surface area contributed by atoms with E-state index in [1.807, 2.05) is 60.7 Å². The highest BCUT2D eigenvalue weighted by Crippen LogP contribution is 2.35. The van der Waals surface area contributed by atoms with E-state index in [4.69, 9.17) is 4.74 Å². The Morgan fingerprint density at radius 2 is 1.22 bits per heavy atom. The van der Waals surface area contributed by atoms with Crippen LogP contribution in [0.5, 0.6) is 0 Å². The molecule has 0 radical (unpaired) electrons. The van der Waals surface area contributed by atoms with E-state index in [-0.39, 0.29) is 6.10 Å². The second kappa shape index (κ2) is 10.3. The molecule has 2 nitrogen and oxygen atoms in total. The van der Waals surface area contributed by atoms with Crippen molar-refractivity contribution in [2.24, 2.45) is 16.7 Å². The molecule has 148 valence electrons. The zero-order valence-corrected chi connectivity index (χ0v) is 18.0. The summed E-state index contributed by atoms with van der Waals surface area (Å²) >= 11 is 0. The lowest BCUT2D eigenvalue weighted by Crippen LogP contribution is -2.22. The molecule has 0 saturated heterocycles. The SMILES string of the molecule is CC(CC(C)(C)C)C(C)(C)C.O=COC(c1ccccc1)c1ccccc1. The van der Waals surface area contributed by atoms with Gasteiger partial charge in [-0.1, -0.05) is 109 Å². The summed E-state index contributed by atoms with van der Waals surface area (Å²) in [4.78, 5) is 10.5. The molecule has 0 aliphatic heterocycles. The summed E-state index contributed by atoms with van der Waals surface area (Å²) < 4.78 is 5.13. The zero-order chi connectivity index (χ0) is 20.5. The minimum atomic E-state index is -0.320. The molecular weight excluding hydrogens is 332 g/mol. The Morgan fingerprint density at radius 3 is 1.48 bits per heavy atom. The second-order valence-corrected chi connectivity index (χ2v) is 9.47. The number of carbonyl (C=O) groups excluding carboxylic acids is 1. The van der Waals surface area contributed by atoms with Gasteiger partial charge < -0.3 is 4.74 Å². The number of carbonyl (C=O) groups is 1. The van der Waals surface area contributed by atoms with E-state index in [1.54, 1.807) is 0 Å². The van der Waals surface area contributed by atoms with Crippen molar-refractivity contribution in [2.75, 3.05) is 0 Å². The first-order valence-corrected chi connectivity index (χ1v) is 9.73. The summed E-state index contributed by atoms with van der Waals surface area (Å²) in [6.07, 6.45) is 0.996. The van der Waals surface area contributed by atoms with E-state index >= 15 is 0 Å². The lowest BCUT2D eigenvalue weighted by molar-refractivity contribution is -0.132. The average molecular weight is 369 g/mol. The van der Waals surface area contributed by atoms with Crippen molar-refractivity contribution < 1.29 is 9.53 Å². The highest BCUT2D eigenvalue weighted by Gasteiger charge is 2.24. The largest absolute Gasteiger partial charge is 0.455 e. The summed E-state index contributed by atoms with van der Waals surface area (Å²) in [7, 11) is 0. The molecule has 0 aliphatic carbocycles. The molecule has 1 atom stereocenters. The number of hydrogen-bond donors (Lipinski definition) is 0. The van der Waals surface area contributed by atoms with Crippen molar-refractivity contribution in [3.8, 4) is 0 Å². The van der Waals surface area contributed by atoms with Gasteiger partial charge in [0.2, 0.25) is 0 Å². The van der Waals surface area contributed by atoms with Gasteiger partial charge in [-0.25, -0.2) is 0 Å². The fourth-order valence-corrected chi connectivity index (χ4v) is 2.89. The predicted octanol–water partition coefficient (Wildman–Crippen LogP) is 7.05. The van der Waals surface area contributed by atoms with Crippen molar-refractivity contribution in [1.82, 2.24) is 0 Å². The highest BCUT2D eigenvalue weighted by molar-refractivity contribution is 5.41. The summed E-state index contributed by atoms with van der Waals surface area (Å²) in [5.41, 5.74) is 2.89. The first-order valence-electron chi connectivity index (χ1n) is 9.73. The van der Waals surface area contributed by atoms with Crippen LogP contribution in [0.4, 0.5) is 0 Å². The van der Waals surface area contributed by atoms with Crippen LogP contribution in [0.2, 0.25) is 0 Å². The molecule has 0 heterocycles. The van der Waals surface area contributed by atoms with E-state index in [0.717, 1.165) is 17.0 Å². The van der Waals surface area contributed by atoms with Crippen LogP contribution in [0.3, 0.4) is 0 Å². The fraction of sp³-hybridized carbons (Fsp3) is 0.480. The third kappa shape index (κ3) is 8.90. The maximum atomic E-state index is 10.5. The molecule has 0 N–H and O–H groups in total. The third-order valence-corrected chi connectivity index (χ3v) is 4.79. The van der Waals surface area contributed by atoms with Crippen LogP contribution in [0.15, 0.2) is 60.7 Å². The molecule has 2 aromatic carbocycles. The topological polar surface area (TPSA) is 26.3 Å². The van der Waals surface area contributed by atoms with Crippen LogP contribution in [-0.2, 0) is 9.53 Å². The van der Waals surface area contributed by atoms with Gasteiger partial charge in [0.15, 0.2) is 6.10 Å². The summed E-state index contributed by atoms with van der Waals surface area (Å²) in [5, 5.41) is 0. The maximum absolute atomic E-state index is 10.5. The Kier molecular flexibility index (Phi) is 8.75. The Bertz CT molecular complexity index is 609. The van der Waals surface area contributed by atoms with Crippen LogP contribution in [0, 0.1) is 16.7 Å². The van der Waals surface area contributed by atoms with E-state index in [2.05, 4.69) is 48.5 Å². The monoisotopic (exact) mass is 368 g/mol. The molecule has 0 aliphatic rings. The fourth-order valence-electron chi connectivity index (χ4n) is 2.89. The minimum Gasteiger partial charge on any atom is -0.455 e. The molecule has 0 spiro atoms. The van der Waals surface area contributed by atoms with Crippen molar-refractivity contribution in [2.45, 2.75) is 61.0 Å². The molecule has 27 heavy (non-hydrogen) atoms. The van der Waals surface area contributed by atoms with Gasteiger partial charge in [0.05, 0.1) is 0 Å². The second-order valence-electron chi connectivity index (χ2n) is 9.47. The first kappa shape index (κ1) is 23.0.